The van der Waals surface area contributed by atoms with E-state index in [9.17, 15) is 0 Å². The fourth-order valence-corrected chi connectivity index (χ4v) is 3.52. The molecule has 0 radical (unpaired) electrons. The summed E-state index contributed by atoms with van der Waals surface area (Å²) >= 11 is 0. The fraction of sp³-hybridized carbons (Fsp3) is 0.688. The van der Waals surface area contributed by atoms with Gasteiger partial charge in [0.15, 0.2) is 0 Å². The number of nitrogens with zero attached hydrogens (tertiary/aromatic N) is 1. The van der Waals surface area contributed by atoms with E-state index in [2.05, 4.69) is 50.1 Å². The maximum absolute atomic E-state index is 4.53. The molecule has 0 amide bonds. The summed E-state index contributed by atoms with van der Waals surface area (Å²) in [7, 11) is 0. The van der Waals surface area contributed by atoms with E-state index in [0.717, 1.165) is 17.3 Å². The minimum absolute atomic E-state index is 0.460. The molecule has 1 N–H and O–H groups in total. The van der Waals surface area contributed by atoms with Crippen LogP contribution in [0.25, 0.3) is 0 Å². The Balaban J connectivity index is 2.09. The lowest BCUT2D eigenvalue weighted by Crippen LogP contribution is -2.35. The molecule has 100 valence electrons. The molecule has 0 spiro atoms. The second kappa shape index (κ2) is 4.91. The van der Waals surface area contributed by atoms with Gasteiger partial charge in [-0.25, -0.2) is 0 Å². The van der Waals surface area contributed by atoms with Crippen LogP contribution in [-0.2, 0) is 0 Å². The third-order valence-electron chi connectivity index (χ3n) is 3.97. The smallest absolute Gasteiger partial charge is 0.0606 e. The van der Waals surface area contributed by atoms with Crippen LogP contribution in [-0.4, -0.2) is 11.0 Å². The standard InChI is InChI=1S/C16H26N2/c1-11-8-14(10-16(4,5)9-11)18-15-7-6-12(2)17-13(15)3/h6-7,11,14,18H,8-10H2,1-5H3. The van der Waals surface area contributed by atoms with Crippen LogP contribution in [0.3, 0.4) is 0 Å². The van der Waals surface area contributed by atoms with Gasteiger partial charge in [0, 0.05) is 11.7 Å². The lowest BCUT2D eigenvalue weighted by Gasteiger charge is -2.39. The Hall–Kier alpha value is -1.05. The molecule has 1 saturated carbocycles. The third-order valence-corrected chi connectivity index (χ3v) is 3.97. The Morgan fingerprint density at radius 3 is 2.56 bits per heavy atom. The van der Waals surface area contributed by atoms with Crippen molar-refractivity contribution in [1.82, 2.24) is 4.98 Å². The van der Waals surface area contributed by atoms with Crippen molar-refractivity contribution in [2.24, 2.45) is 11.3 Å². The zero-order valence-corrected chi connectivity index (χ0v) is 12.4. The molecule has 2 nitrogen and oxygen atoms in total. The molecule has 1 fully saturated rings. The predicted octanol–water partition coefficient (Wildman–Crippen LogP) is 4.33. The van der Waals surface area contributed by atoms with Gasteiger partial charge in [0.05, 0.1) is 11.4 Å². The number of hydrogen-bond acceptors (Lipinski definition) is 2. The molecule has 1 aliphatic rings. The number of rotatable bonds is 2. The molecular formula is C16H26N2. The third kappa shape index (κ3) is 3.24. The van der Waals surface area contributed by atoms with E-state index in [4.69, 9.17) is 0 Å². The highest BCUT2D eigenvalue weighted by Crippen LogP contribution is 2.39. The van der Waals surface area contributed by atoms with Crippen LogP contribution in [0.5, 0.6) is 0 Å². The summed E-state index contributed by atoms with van der Waals surface area (Å²) in [6, 6.07) is 4.85. The van der Waals surface area contributed by atoms with Crippen LogP contribution in [0.1, 0.15) is 51.4 Å². The first-order chi connectivity index (χ1) is 8.35. The minimum Gasteiger partial charge on any atom is -0.381 e. The first-order valence-corrected chi connectivity index (χ1v) is 7.06. The zero-order valence-electron chi connectivity index (χ0n) is 12.4. The maximum Gasteiger partial charge on any atom is 0.0606 e. The van der Waals surface area contributed by atoms with E-state index >= 15 is 0 Å². The van der Waals surface area contributed by atoms with Crippen LogP contribution in [0.2, 0.25) is 0 Å². The van der Waals surface area contributed by atoms with Gasteiger partial charge in [-0.05, 0) is 56.6 Å². The van der Waals surface area contributed by atoms with Crippen LogP contribution >= 0.6 is 0 Å². The fourth-order valence-electron chi connectivity index (χ4n) is 3.52. The number of pyridine rings is 1. The number of hydrogen-bond donors (Lipinski definition) is 1. The van der Waals surface area contributed by atoms with Crippen LogP contribution < -0.4 is 5.32 Å². The van der Waals surface area contributed by atoms with Gasteiger partial charge in [-0.1, -0.05) is 20.8 Å². The van der Waals surface area contributed by atoms with E-state index in [1.165, 1.54) is 24.9 Å². The van der Waals surface area contributed by atoms with Crippen molar-refractivity contribution in [2.45, 2.75) is 59.9 Å². The van der Waals surface area contributed by atoms with Gasteiger partial charge in [-0.2, -0.15) is 0 Å². The molecule has 0 bridgehead atoms. The summed E-state index contributed by atoms with van der Waals surface area (Å²) in [5, 5.41) is 3.70. The van der Waals surface area contributed by atoms with Crippen molar-refractivity contribution in [2.75, 3.05) is 5.32 Å². The molecule has 2 rings (SSSR count). The van der Waals surface area contributed by atoms with Gasteiger partial charge in [0.25, 0.3) is 0 Å². The zero-order chi connectivity index (χ0) is 13.3. The Bertz CT molecular complexity index is 423. The Kier molecular flexibility index (Phi) is 3.65. The highest BCUT2D eigenvalue weighted by Gasteiger charge is 2.32. The van der Waals surface area contributed by atoms with Gasteiger partial charge in [0.1, 0.15) is 0 Å². The lowest BCUT2D eigenvalue weighted by atomic mass is 9.70. The first kappa shape index (κ1) is 13.4. The van der Waals surface area contributed by atoms with Crippen molar-refractivity contribution in [3.63, 3.8) is 0 Å². The monoisotopic (exact) mass is 246 g/mol. The van der Waals surface area contributed by atoms with Crippen LogP contribution in [0, 0.1) is 25.2 Å². The average molecular weight is 246 g/mol. The summed E-state index contributed by atoms with van der Waals surface area (Å²) in [5.41, 5.74) is 3.87. The van der Waals surface area contributed by atoms with Crippen molar-refractivity contribution in [1.29, 1.82) is 0 Å². The molecular weight excluding hydrogens is 220 g/mol. The first-order valence-electron chi connectivity index (χ1n) is 7.06. The summed E-state index contributed by atoms with van der Waals surface area (Å²) < 4.78 is 0. The second-order valence-corrected chi connectivity index (χ2v) is 6.84. The summed E-state index contributed by atoms with van der Waals surface area (Å²) in [6.07, 6.45) is 3.87. The highest BCUT2D eigenvalue weighted by atomic mass is 14.9. The van der Waals surface area contributed by atoms with E-state index in [1.807, 2.05) is 6.92 Å². The van der Waals surface area contributed by atoms with Crippen molar-refractivity contribution < 1.29 is 0 Å². The number of aromatic nitrogens is 1. The molecule has 0 aromatic carbocycles. The molecule has 1 aromatic rings. The largest absolute Gasteiger partial charge is 0.381 e. The normalized spacial score (nSPS) is 26.9. The summed E-state index contributed by atoms with van der Waals surface area (Å²) in [5.74, 6) is 0.810. The lowest BCUT2D eigenvalue weighted by molar-refractivity contribution is 0.178. The van der Waals surface area contributed by atoms with Gasteiger partial charge in [0.2, 0.25) is 0 Å². The summed E-state index contributed by atoms with van der Waals surface area (Å²) in [6.45, 7) is 11.3. The molecule has 1 heterocycles. The topological polar surface area (TPSA) is 24.9 Å². The quantitative estimate of drug-likeness (QED) is 0.840. The van der Waals surface area contributed by atoms with E-state index in [1.54, 1.807) is 0 Å². The summed E-state index contributed by atoms with van der Waals surface area (Å²) in [4.78, 5) is 4.53. The minimum atomic E-state index is 0.460. The molecule has 0 aliphatic heterocycles. The number of nitrogens with one attached hydrogen (secondary N) is 1. The number of aryl methyl sites for hydroxylation is 2. The Morgan fingerprint density at radius 2 is 1.94 bits per heavy atom. The molecule has 0 saturated heterocycles. The molecule has 1 aromatic heterocycles. The van der Waals surface area contributed by atoms with Gasteiger partial charge < -0.3 is 5.32 Å². The second-order valence-electron chi connectivity index (χ2n) is 6.84. The van der Waals surface area contributed by atoms with Crippen molar-refractivity contribution in [3.8, 4) is 0 Å². The molecule has 2 atom stereocenters. The molecule has 2 heteroatoms. The van der Waals surface area contributed by atoms with E-state index < -0.39 is 0 Å². The SMILES string of the molecule is Cc1ccc(NC2CC(C)CC(C)(C)C2)c(C)n1. The van der Waals surface area contributed by atoms with Crippen LogP contribution in [0.4, 0.5) is 5.69 Å². The van der Waals surface area contributed by atoms with Gasteiger partial charge in [-0.3, -0.25) is 4.98 Å². The number of anilines is 1. The molecule has 1 aliphatic carbocycles. The van der Waals surface area contributed by atoms with Crippen LogP contribution in [0.15, 0.2) is 12.1 Å². The van der Waals surface area contributed by atoms with E-state index in [-0.39, 0.29) is 0 Å². The van der Waals surface area contributed by atoms with Gasteiger partial charge in [-0.15, -0.1) is 0 Å². The van der Waals surface area contributed by atoms with Crippen molar-refractivity contribution >= 4 is 5.69 Å². The van der Waals surface area contributed by atoms with Gasteiger partial charge >= 0.3 is 0 Å². The van der Waals surface area contributed by atoms with E-state index in [0.29, 0.717) is 11.5 Å². The molecule has 18 heavy (non-hydrogen) atoms. The Labute approximate surface area is 111 Å². The average Bonchev–Trinajstić information content (AvgIpc) is 2.19. The highest BCUT2D eigenvalue weighted by molar-refractivity contribution is 5.48. The Morgan fingerprint density at radius 1 is 1.22 bits per heavy atom. The maximum atomic E-state index is 4.53. The molecule has 2 unspecified atom stereocenters. The van der Waals surface area contributed by atoms with Crippen molar-refractivity contribution in [3.05, 3.63) is 23.5 Å². The predicted molar refractivity (Wildman–Crippen MR) is 77.9 cm³/mol.